The summed E-state index contributed by atoms with van der Waals surface area (Å²) >= 11 is 15.4. The van der Waals surface area contributed by atoms with Crippen LogP contribution in [0.4, 0.5) is 0 Å². The van der Waals surface area contributed by atoms with Crippen molar-refractivity contribution in [2.45, 2.75) is 48.3 Å². The first-order chi connectivity index (χ1) is 9.77. The second kappa shape index (κ2) is 6.80. The van der Waals surface area contributed by atoms with Crippen molar-refractivity contribution in [3.8, 4) is 0 Å². The lowest BCUT2D eigenvalue weighted by Gasteiger charge is -2.32. The maximum absolute atomic E-state index is 12.6. The van der Waals surface area contributed by atoms with Gasteiger partial charge in [0.2, 0.25) is 0 Å². The third-order valence-corrected chi connectivity index (χ3v) is 8.52. The number of hydrogen-bond acceptors (Lipinski definition) is 4. The summed E-state index contributed by atoms with van der Waals surface area (Å²) in [5.74, 6) is 0. The highest BCUT2D eigenvalue weighted by molar-refractivity contribution is 9.11. The van der Waals surface area contributed by atoms with Gasteiger partial charge in [-0.25, -0.2) is 8.42 Å². The zero-order valence-electron chi connectivity index (χ0n) is 11.2. The molecule has 4 nitrogen and oxygen atoms in total. The molecule has 0 spiro atoms. The molecule has 9 heteroatoms. The van der Waals surface area contributed by atoms with Crippen molar-refractivity contribution in [2.75, 3.05) is 0 Å². The van der Waals surface area contributed by atoms with E-state index in [4.69, 9.17) is 29.6 Å². The average Bonchev–Trinajstić information content (AvgIpc) is 2.62. The molecule has 0 unspecified atom stereocenters. The minimum absolute atomic E-state index is 0.166. The minimum atomic E-state index is -3.69. The third kappa shape index (κ3) is 3.97. The smallest absolute Gasteiger partial charge is 0.251 e. The van der Waals surface area contributed by atoms with E-state index in [9.17, 15) is 8.42 Å². The van der Waals surface area contributed by atoms with Crippen LogP contribution in [0.5, 0.6) is 0 Å². The van der Waals surface area contributed by atoms with Crippen molar-refractivity contribution in [3.05, 3.63) is 14.9 Å². The molecule has 118 valence electrons. The Hall–Kier alpha value is 0.270. The summed E-state index contributed by atoms with van der Waals surface area (Å²) in [6.45, 7) is 0. The zero-order valence-corrected chi connectivity index (χ0v) is 16.0. The fourth-order valence-electron chi connectivity index (χ4n) is 2.50. The molecule has 1 fully saturated rings. The second-order valence-corrected chi connectivity index (χ2v) is 10.3. The summed E-state index contributed by atoms with van der Waals surface area (Å²) < 4.78 is 28.7. The number of hydrogen-bond donors (Lipinski definition) is 2. The molecule has 21 heavy (non-hydrogen) atoms. The van der Waals surface area contributed by atoms with Gasteiger partial charge in [-0.1, -0.05) is 49.5 Å². The van der Waals surface area contributed by atoms with E-state index >= 15 is 0 Å². The van der Waals surface area contributed by atoms with E-state index in [1.165, 1.54) is 6.07 Å². The molecule has 0 aliphatic heterocycles. The molecule has 0 aromatic carbocycles. The fourth-order valence-corrected chi connectivity index (χ4v) is 6.66. The van der Waals surface area contributed by atoms with Gasteiger partial charge in [-0.3, -0.25) is 0 Å². The number of nitrogens with one attached hydrogen (secondary N) is 1. The minimum Gasteiger partial charge on any atom is -0.392 e. The van der Waals surface area contributed by atoms with Crippen LogP contribution in [-0.2, 0) is 10.0 Å². The van der Waals surface area contributed by atoms with Crippen LogP contribution in [0.25, 0.3) is 0 Å². The highest BCUT2D eigenvalue weighted by atomic mass is 79.9. The topological polar surface area (TPSA) is 72.2 Å². The van der Waals surface area contributed by atoms with Crippen LogP contribution in [-0.4, -0.2) is 18.9 Å². The van der Waals surface area contributed by atoms with Crippen molar-refractivity contribution >= 4 is 66.1 Å². The standard InChI is InChI=1S/C12H16BrClN2O2S3/c13-10-8(14)7-9(20-10)21(17,18)16-12(11(15)19)5-3-1-2-4-6-12/h7,16H,1-6H2,(H2,15,19). The molecule has 2 rings (SSSR count). The summed E-state index contributed by atoms with van der Waals surface area (Å²) in [5, 5.41) is 0.380. The van der Waals surface area contributed by atoms with E-state index < -0.39 is 15.6 Å². The van der Waals surface area contributed by atoms with Gasteiger partial charge in [0.15, 0.2) is 0 Å². The van der Waals surface area contributed by atoms with Gasteiger partial charge in [0.1, 0.15) is 4.21 Å². The molecule has 0 amide bonds. The van der Waals surface area contributed by atoms with E-state index in [-0.39, 0.29) is 9.20 Å². The largest absolute Gasteiger partial charge is 0.392 e. The SMILES string of the molecule is NC(=S)C1(NS(=O)(=O)c2cc(Cl)c(Br)s2)CCCCCC1. The van der Waals surface area contributed by atoms with E-state index in [0.717, 1.165) is 37.0 Å². The molecular weight excluding hydrogens is 416 g/mol. The first-order valence-electron chi connectivity index (χ1n) is 6.56. The summed E-state index contributed by atoms with van der Waals surface area (Å²) in [4.78, 5) is 0.217. The Morgan fingerprint density at radius 2 is 1.95 bits per heavy atom. The molecule has 1 saturated carbocycles. The Bertz CT molecular complexity index is 617. The van der Waals surface area contributed by atoms with Gasteiger partial charge >= 0.3 is 0 Å². The predicted octanol–water partition coefficient (Wildman–Crippen LogP) is 3.82. The van der Waals surface area contributed by atoms with Gasteiger partial charge in [0, 0.05) is 0 Å². The second-order valence-electron chi connectivity index (χ2n) is 5.15. The van der Waals surface area contributed by atoms with Crippen molar-refractivity contribution in [2.24, 2.45) is 5.73 Å². The molecule has 0 radical (unpaired) electrons. The monoisotopic (exact) mass is 430 g/mol. The molecular formula is C12H16BrClN2O2S3. The van der Waals surface area contributed by atoms with Crippen LogP contribution >= 0.6 is 51.1 Å². The van der Waals surface area contributed by atoms with Crippen LogP contribution in [0, 0.1) is 0 Å². The predicted molar refractivity (Wildman–Crippen MR) is 94.6 cm³/mol. The van der Waals surface area contributed by atoms with Crippen molar-refractivity contribution in [1.29, 1.82) is 0 Å². The maximum Gasteiger partial charge on any atom is 0.251 e. The van der Waals surface area contributed by atoms with Gasteiger partial charge in [-0.2, -0.15) is 4.72 Å². The van der Waals surface area contributed by atoms with Crippen LogP contribution < -0.4 is 10.5 Å². The molecule has 1 aliphatic rings. The summed E-state index contributed by atoms with van der Waals surface area (Å²) in [6.07, 6.45) is 5.25. The molecule has 0 saturated heterocycles. The van der Waals surface area contributed by atoms with Gasteiger partial charge in [0.05, 0.1) is 19.3 Å². The molecule has 0 bridgehead atoms. The van der Waals surface area contributed by atoms with Gasteiger partial charge in [-0.15, -0.1) is 11.3 Å². The van der Waals surface area contributed by atoms with E-state index in [1.54, 1.807) is 0 Å². The van der Waals surface area contributed by atoms with E-state index in [1.807, 2.05) is 0 Å². The average molecular weight is 432 g/mol. The number of thiocarbonyl (C=S) groups is 1. The summed E-state index contributed by atoms with van der Waals surface area (Å²) in [6, 6.07) is 1.43. The van der Waals surface area contributed by atoms with Gasteiger partial charge in [-0.05, 0) is 34.8 Å². The lowest BCUT2D eigenvalue weighted by atomic mass is 9.91. The molecule has 3 N–H and O–H groups in total. The number of rotatable bonds is 4. The lowest BCUT2D eigenvalue weighted by molar-refractivity contribution is 0.441. The Labute approximate surface area is 147 Å². The number of sulfonamides is 1. The van der Waals surface area contributed by atoms with Crippen LogP contribution in [0.3, 0.4) is 0 Å². The highest BCUT2D eigenvalue weighted by Crippen LogP contribution is 2.36. The van der Waals surface area contributed by atoms with Crippen molar-refractivity contribution < 1.29 is 8.42 Å². The first kappa shape index (κ1) is 17.6. The number of halogens is 2. The van der Waals surface area contributed by atoms with Crippen LogP contribution in [0.1, 0.15) is 38.5 Å². The third-order valence-electron chi connectivity index (χ3n) is 3.65. The Balaban J connectivity index is 2.33. The summed E-state index contributed by atoms with van der Waals surface area (Å²) in [7, 11) is -3.69. The van der Waals surface area contributed by atoms with Crippen LogP contribution in [0.2, 0.25) is 5.02 Å². The highest BCUT2D eigenvalue weighted by Gasteiger charge is 2.38. The Morgan fingerprint density at radius 1 is 1.38 bits per heavy atom. The quantitative estimate of drug-likeness (QED) is 0.561. The Morgan fingerprint density at radius 3 is 2.38 bits per heavy atom. The van der Waals surface area contributed by atoms with Crippen molar-refractivity contribution in [3.63, 3.8) is 0 Å². The normalized spacial score (nSPS) is 19.1. The molecule has 1 heterocycles. The zero-order chi connectivity index (χ0) is 15.7. The summed E-state index contributed by atoms with van der Waals surface area (Å²) in [5.41, 5.74) is 5.04. The van der Waals surface area contributed by atoms with Gasteiger partial charge in [0.25, 0.3) is 10.0 Å². The molecule has 1 aromatic heterocycles. The van der Waals surface area contributed by atoms with E-state index in [2.05, 4.69) is 20.7 Å². The first-order valence-corrected chi connectivity index (χ1v) is 10.4. The number of thiophene rings is 1. The molecule has 0 atom stereocenters. The van der Waals surface area contributed by atoms with Gasteiger partial charge < -0.3 is 5.73 Å². The molecule has 1 aromatic rings. The number of nitrogens with two attached hydrogens (primary N) is 1. The Kier molecular flexibility index (Phi) is 5.71. The molecule has 1 aliphatic carbocycles. The van der Waals surface area contributed by atoms with E-state index in [0.29, 0.717) is 21.7 Å². The lowest BCUT2D eigenvalue weighted by Crippen LogP contribution is -2.56. The fraction of sp³-hybridized carbons (Fsp3) is 0.583. The maximum atomic E-state index is 12.6. The van der Waals surface area contributed by atoms with Crippen LogP contribution in [0.15, 0.2) is 14.1 Å². The van der Waals surface area contributed by atoms with Crippen molar-refractivity contribution in [1.82, 2.24) is 4.72 Å².